The highest BCUT2D eigenvalue weighted by Crippen LogP contribution is 2.22. The number of carbonyl (C=O) groups excluding carboxylic acids is 1. The Labute approximate surface area is 120 Å². The molecule has 1 rings (SSSR count). The molecular weight excluding hydrogens is 314 g/mol. The Morgan fingerprint density at radius 2 is 2.11 bits per heavy atom. The van der Waals surface area contributed by atoms with Crippen LogP contribution in [-0.2, 0) is 4.79 Å². The number of halogens is 1. The van der Waals surface area contributed by atoms with E-state index < -0.39 is 17.9 Å². The van der Waals surface area contributed by atoms with Crippen LogP contribution in [-0.4, -0.2) is 23.0 Å². The van der Waals surface area contributed by atoms with Crippen molar-refractivity contribution in [2.24, 2.45) is 5.41 Å². The van der Waals surface area contributed by atoms with E-state index in [4.69, 9.17) is 9.52 Å². The van der Waals surface area contributed by atoms with Crippen LogP contribution in [0.15, 0.2) is 21.2 Å². The van der Waals surface area contributed by atoms with Gasteiger partial charge in [-0.1, -0.05) is 20.8 Å². The first kappa shape index (κ1) is 15.8. The average Bonchev–Trinajstić information content (AvgIpc) is 2.68. The SMILES string of the molecule is CC(C)(C)CCC(NC(=O)c1occc1Br)C(=O)O. The molecule has 0 aromatic carbocycles. The monoisotopic (exact) mass is 331 g/mol. The lowest BCUT2D eigenvalue weighted by atomic mass is 9.88. The number of nitrogens with one attached hydrogen (secondary N) is 1. The van der Waals surface area contributed by atoms with E-state index in [0.29, 0.717) is 17.3 Å². The van der Waals surface area contributed by atoms with Crippen LogP contribution in [0.5, 0.6) is 0 Å². The number of rotatable bonds is 5. The number of aliphatic carboxylic acids is 1. The van der Waals surface area contributed by atoms with E-state index in [9.17, 15) is 9.59 Å². The van der Waals surface area contributed by atoms with Crippen molar-refractivity contribution < 1.29 is 19.1 Å². The van der Waals surface area contributed by atoms with E-state index >= 15 is 0 Å². The normalized spacial score (nSPS) is 13.1. The zero-order valence-corrected chi connectivity index (χ0v) is 12.8. The third-order valence-electron chi connectivity index (χ3n) is 2.61. The van der Waals surface area contributed by atoms with Gasteiger partial charge < -0.3 is 14.8 Å². The molecule has 1 atom stereocenters. The summed E-state index contributed by atoms with van der Waals surface area (Å²) in [6.45, 7) is 6.07. The molecule has 5 nitrogen and oxygen atoms in total. The number of furan rings is 1. The maximum atomic E-state index is 11.9. The van der Waals surface area contributed by atoms with Crippen LogP contribution >= 0.6 is 15.9 Å². The number of carboxylic acid groups (broad SMARTS) is 1. The molecule has 0 radical (unpaired) electrons. The van der Waals surface area contributed by atoms with Crippen molar-refractivity contribution in [2.45, 2.75) is 39.7 Å². The highest BCUT2D eigenvalue weighted by atomic mass is 79.9. The summed E-state index contributed by atoms with van der Waals surface area (Å²) in [4.78, 5) is 23.0. The van der Waals surface area contributed by atoms with Crippen molar-refractivity contribution >= 4 is 27.8 Å². The van der Waals surface area contributed by atoms with E-state index in [1.165, 1.54) is 6.26 Å². The Hall–Kier alpha value is -1.30. The minimum Gasteiger partial charge on any atom is -0.480 e. The molecule has 0 aliphatic carbocycles. The second-order valence-electron chi connectivity index (χ2n) is 5.56. The van der Waals surface area contributed by atoms with Crippen LogP contribution in [0.2, 0.25) is 0 Å². The van der Waals surface area contributed by atoms with Crippen LogP contribution < -0.4 is 5.32 Å². The lowest BCUT2D eigenvalue weighted by Crippen LogP contribution is -2.41. The first-order chi connectivity index (χ1) is 8.70. The summed E-state index contributed by atoms with van der Waals surface area (Å²) in [5.74, 6) is -1.49. The van der Waals surface area contributed by atoms with E-state index in [1.807, 2.05) is 20.8 Å². The van der Waals surface area contributed by atoms with Crippen molar-refractivity contribution in [3.05, 3.63) is 22.6 Å². The minimum atomic E-state index is -1.04. The molecule has 1 heterocycles. The van der Waals surface area contributed by atoms with E-state index in [0.717, 1.165) is 0 Å². The van der Waals surface area contributed by atoms with E-state index in [2.05, 4.69) is 21.2 Å². The summed E-state index contributed by atoms with van der Waals surface area (Å²) in [7, 11) is 0. The Morgan fingerprint density at radius 3 is 2.53 bits per heavy atom. The molecule has 106 valence electrons. The molecule has 0 spiro atoms. The first-order valence-corrected chi connectivity index (χ1v) is 6.76. The Bertz CT molecular complexity index is 461. The summed E-state index contributed by atoms with van der Waals surface area (Å²) >= 11 is 3.16. The molecule has 1 aromatic rings. The maximum absolute atomic E-state index is 11.9. The largest absolute Gasteiger partial charge is 0.480 e. The van der Waals surface area contributed by atoms with Crippen LogP contribution in [0.25, 0.3) is 0 Å². The number of hydrogen-bond acceptors (Lipinski definition) is 3. The minimum absolute atomic E-state index is 0.0176. The molecule has 1 aromatic heterocycles. The molecule has 0 saturated heterocycles. The molecule has 19 heavy (non-hydrogen) atoms. The zero-order valence-electron chi connectivity index (χ0n) is 11.2. The average molecular weight is 332 g/mol. The van der Waals surface area contributed by atoms with Gasteiger partial charge in [0, 0.05) is 0 Å². The van der Waals surface area contributed by atoms with Crippen LogP contribution in [0.3, 0.4) is 0 Å². The molecule has 0 aliphatic heterocycles. The van der Waals surface area contributed by atoms with Crippen LogP contribution in [0.1, 0.15) is 44.2 Å². The summed E-state index contributed by atoms with van der Waals surface area (Å²) in [5.41, 5.74) is 0.0176. The van der Waals surface area contributed by atoms with Crippen molar-refractivity contribution in [3.63, 3.8) is 0 Å². The number of carboxylic acids is 1. The van der Waals surface area contributed by atoms with Gasteiger partial charge in [-0.15, -0.1) is 0 Å². The third-order valence-corrected chi connectivity index (χ3v) is 3.23. The second-order valence-corrected chi connectivity index (χ2v) is 6.42. The van der Waals surface area contributed by atoms with Crippen molar-refractivity contribution in [3.8, 4) is 0 Å². The Morgan fingerprint density at radius 1 is 1.47 bits per heavy atom. The Balaban J connectivity index is 2.67. The predicted octanol–water partition coefficient (Wildman–Crippen LogP) is 3.05. The molecule has 6 heteroatoms. The molecule has 0 saturated carbocycles. The molecule has 0 fully saturated rings. The Kier molecular flexibility index (Phi) is 5.17. The van der Waals surface area contributed by atoms with Crippen LogP contribution in [0.4, 0.5) is 0 Å². The highest BCUT2D eigenvalue weighted by Gasteiger charge is 2.25. The fourth-order valence-electron chi connectivity index (χ4n) is 1.51. The van der Waals surface area contributed by atoms with Crippen molar-refractivity contribution in [2.75, 3.05) is 0 Å². The lowest BCUT2D eigenvalue weighted by Gasteiger charge is -2.21. The van der Waals surface area contributed by atoms with Gasteiger partial charge in [-0.2, -0.15) is 0 Å². The van der Waals surface area contributed by atoms with Gasteiger partial charge in [-0.05, 0) is 40.3 Å². The lowest BCUT2D eigenvalue weighted by molar-refractivity contribution is -0.139. The molecule has 0 bridgehead atoms. The van der Waals surface area contributed by atoms with Gasteiger partial charge in [0.15, 0.2) is 0 Å². The van der Waals surface area contributed by atoms with Crippen LogP contribution in [0, 0.1) is 5.41 Å². The third kappa shape index (κ3) is 5.06. The molecular formula is C13H18BrNO4. The smallest absolute Gasteiger partial charge is 0.326 e. The van der Waals surface area contributed by atoms with Gasteiger partial charge in [-0.3, -0.25) is 4.79 Å². The zero-order chi connectivity index (χ0) is 14.6. The van der Waals surface area contributed by atoms with Crippen molar-refractivity contribution in [1.82, 2.24) is 5.32 Å². The van der Waals surface area contributed by atoms with Crippen molar-refractivity contribution in [1.29, 1.82) is 0 Å². The van der Waals surface area contributed by atoms with Gasteiger partial charge >= 0.3 is 5.97 Å². The van der Waals surface area contributed by atoms with Gasteiger partial charge in [0.2, 0.25) is 5.76 Å². The van der Waals surface area contributed by atoms with Gasteiger partial charge in [0.25, 0.3) is 5.91 Å². The summed E-state index contributed by atoms with van der Waals surface area (Å²) < 4.78 is 5.50. The fraction of sp³-hybridized carbons (Fsp3) is 0.538. The molecule has 1 amide bonds. The number of carbonyl (C=O) groups is 2. The quantitative estimate of drug-likeness (QED) is 0.868. The molecule has 2 N–H and O–H groups in total. The number of amides is 1. The van der Waals surface area contributed by atoms with Gasteiger partial charge in [-0.25, -0.2) is 4.79 Å². The molecule has 0 aliphatic rings. The topological polar surface area (TPSA) is 79.5 Å². The standard InChI is InChI=1S/C13H18BrNO4/c1-13(2,3)6-4-9(12(17)18)15-11(16)10-8(14)5-7-19-10/h5,7,9H,4,6H2,1-3H3,(H,15,16)(H,17,18). The fourth-order valence-corrected chi connectivity index (χ4v) is 1.90. The summed E-state index contributed by atoms with van der Waals surface area (Å²) in [6, 6.07) is 0.670. The van der Waals surface area contributed by atoms with Gasteiger partial charge in [0.1, 0.15) is 6.04 Å². The van der Waals surface area contributed by atoms with Gasteiger partial charge in [0.05, 0.1) is 10.7 Å². The second kappa shape index (κ2) is 6.23. The van der Waals surface area contributed by atoms with E-state index in [1.54, 1.807) is 6.07 Å². The summed E-state index contributed by atoms with van der Waals surface area (Å²) in [5, 5.41) is 11.6. The molecule has 1 unspecified atom stereocenters. The maximum Gasteiger partial charge on any atom is 0.326 e. The first-order valence-electron chi connectivity index (χ1n) is 5.97. The highest BCUT2D eigenvalue weighted by molar-refractivity contribution is 9.10. The van der Waals surface area contributed by atoms with E-state index in [-0.39, 0.29) is 11.2 Å². The summed E-state index contributed by atoms with van der Waals surface area (Å²) in [6.07, 6.45) is 2.44. The number of hydrogen-bond donors (Lipinski definition) is 2. The predicted molar refractivity (Wildman–Crippen MR) is 74.0 cm³/mol.